The van der Waals surface area contributed by atoms with Gasteiger partial charge in [-0.1, -0.05) is 12.1 Å². The van der Waals surface area contributed by atoms with Gasteiger partial charge >= 0.3 is 12.4 Å². The van der Waals surface area contributed by atoms with Crippen LogP contribution in [0.15, 0.2) is 54.6 Å². The normalized spacial score (nSPS) is 14.1. The van der Waals surface area contributed by atoms with Crippen LogP contribution in [0, 0.1) is 0 Å². The Balaban J connectivity index is 1.46. The van der Waals surface area contributed by atoms with E-state index in [-0.39, 0.29) is 43.0 Å². The molecule has 0 radical (unpaired) electrons. The van der Waals surface area contributed by atoms with Crippen molar-refractivity contribution in [3.05, 3.63) is 71.4 Å². The summed E-state index contributed by atoms with van der Waals surface area (Å²) in [6.07, 6.45) is -9.24. The first-order chi connectivity index (χ1) is 19.3. The number of amides is 2. The summed E-state index contributed by atoms with van der Waals surface area (Å²) < 4.78 is 83.6. The van der Waals surface area contributed by atoms with E-state index in [1.165, 1.54) is 23.1 Å². The van der Waals surface area contributed by atoms with Crippen LogP contribution >= 0.6 is 0 Å². The van der Waals surface area contributed by atoms with Gasteiger partial charge in [0, 0.05) is 31.7 Å². The molecule has 0 saturated carbocycles. The number of nitrogens with one attached hydrogen (secondary N) is 1. The summed E-state index contributed by atoms with van der Waals surface area (Å²) in [6.45, 7) is 1.54. The van der Waals surface area contributed by atoms with Crippen molar-refractivity contribution in [1.29, 1.82) is 0 Å². The molecule has 218 valence electrons. The van der Waals surface area contributed by atoms with Gasteiger partial charge in [0.25, 0.3) is 11.8 Å². The highest BCUT2D eigenvalue weighted by molar-refractivity contribution is 5.96. The Kier molecular flexibility index (Phi) is 8.69. The SMILES string of the molecule is CCOc1cccc(-c2cc(C(=O)N3CCN(c4ccc(C(=O)NCC(F)(F)F)nn4)CC3)cc(C(F)(F)F)c2)c1. The molecule has 1 saturated heterocycles. The Morgan fingerprint density at radius 3 is 2.24 bits per heavy atom. The quantitative estimate of drug-likeness (QED) is 0.403. The maximum atomic E-state index is 13.7. The van der Waals surface area contributed by atoms with Gasteiger partial charge in [0.2, 0.25) is 0 Å². The standard InChI is InChI=1S/C27H25F6N5O3/c1-2-41-21-5-3-4-17(15-21)18-12-19(14-20(13-18)27(31,32)33)25(40)38-10-8-37(9-11-38)23-7-6-22(35-36-23)24(39)34-16-26(28,29)30/h3-7,12-15H,2,8-11,16H2,1H3,(H,34,39). The van der Waals surface area contributed by atoms with Crippen LogP contribution in [0.5, 0.6) is 5.75 Å². The lowest BCUT2D eigenvalue weighted by atomic mass is 9.98. The number of piperazine rings is 1. The van der Waals surface area contributed by atoms with Crippen molar-refractivity contribution in [2.75, 3.05) is 44.2 Å². The fourth-order valence-electron chi connectivity index (χ4n) is 4.22. The predicted molar refractivity (Wildman–Crippen MR) is 137 cm³/mol. The Morgan fingerprint density at radius 1 is 0.902 bits per heavy atom. The van der Waals surface area contributed by atoms with Gasteiger partial charge in [-0.25, -0.2) is 0 Å². The molecule has 0 spiro atoms. The van der Waals surface area contributed by atoms with E-state index in [1.807, 2.05) is 0 Å². The van der Waals surface area contributed by atoms with E-state index in [0.717, 1.165) is 12.1 Å². The fourth-order valence-corrected chi connectivity index (χ4v) is 4.22. The number of carbonyl (C=O) groups excluding carboxylic acids is 2. The Labute approximate surface area is 230 Å². The van der Waals surface area contributed by atoms with Crippen molar-refractivity contribution in [3.8, 4) is 16.9 Å². The van der Waals surface area contributed by atoms with Gasteiger partial charge in [0.15, 0.2) is 11.5 Å². The molecule has 2 heterocycles. The summed E-state index contributed by atoms with van der Waals surface area (Å²) in [4.78, 5) is 28.3. The van der Waals surface area contributed by atoms with Gasteiger partial charge < -0.3 is 19.9 Å². The average molecular weight is 582 g/mol. The number of halogens is 6. The number of hydrogen-bond donors (Lipinski definition) is 1. The molecule has 0 unspecified atom stereocenters. The number of anilines is 1. The maximum absolute atomic E-state index is 13.7. The lowest BCUT2D eigenvalue weighted by Crippen LogP contribution is -2.49. The van der Waals surface area contributed by atoms with E-state index in [1.54, 1.807) is 41.4 Å². The van der Waals surface area contributed by atoms with Crippen molar-refractivity contribution in [3.63, 3.8) is 0 Å². The summed E-state index contributed by atoms with van der Waals surface area (Å²) in [5.74, 6) is -0.771. The van der Waals surface area contributed by atoms with Crippen molar-refractivity contribution in [1.82, 2.24) is 20.4 Å². The zero-order chi connectivity index (χ0) is 29.8. The third kappa shape index (κ3) is 7.64. The molecule has 1 aliphatic rings. The van der Waals surface area contributed by atoms with Gasteiger partial charge in [-0.2, -0.15) is 26.3 Å². The highest BCUT2D eigenvalue weighted by Crippen LogP contribution is 2.35. The van der Waals surface area contributed by atoms with E-state index in [0.29, 0.717) is 23.7 Å². The van der Waals surface area contributed by atoms with Gasteiger partial charge in [-0.05, 0) is 60.5 Å². The second-order valence-corrected chi connectivity index (χ2v) is 9.11. The van der Waals surface area contributed by atoms with Gasteiger partial charge in [-0.3, -0.25) is 9.59 Å². The summed E-state index contributed by atoms with van der Waals surface area (Å²) in [7, 11) is 0. The van der Waals surface area contributed by atoms with E-state index in [2.05, 4.69) is 10.2 Å². The minimum absolute atomic E-state index is 0.112. The van der Waals surface area contributed by atoms with Crippen molar-refractivity contribution >= 4 is 17.6 Å². The first kappa shape index (κ1) is 29.6. The van der Waals surface area contributed by atoms with Gasteiger partial charge in [-0.15, -0.1) is 10.2 Å². The summed E-state index contributed by atoms with van der Waals surface area (Å²) in [6, 6.07) is 12.5. The van der Waals surface area contributed by atoms with Gasteiger partial charge in [0.05, 0.1) is 12.2 Å². The molecular weight excluding hydrogens is 556 g/mol. The molecule has 0 aliphatic carbocycles. The topological polar surface area (TPSA) is 87.7 Å². The van der Waals surface area contributed by atoms with Crippen LogP contribution in [0.2, 0.25) is 0 Å². The van der Waals surface area contributed by atoms with Crippen LogP contribution in [-0.2, 0) is 6.18 Å². The van der Waals surface area contributed by atoms with Crippen LogP contribution in [0.1, 0.15) is 33.3 Å². The molecule has 2 aromatic carbocycles. The van der Waals surface area contributed by atoms with Crippen LogP contribution in [0.4, 0.5) is 32.2 Å². The molecule has 3 aromatic rings. The largest absolute Gasteiger partial charge is 0.494 e. The highest BCUT2D eigenvalue weighted by Gasteiger charge is 2.33. The number of nitrogens with zero attached hydrogens (tertiary/aromatic N) is 4. The molecule has 1 aliphatic heterocycles. The molecule has 1 N–H and O–H groups in total. The lowest BCUT2D eigenvalue weighted by molar-refractivity contribution is -0.137. The van der Waals surface area contributed by atoms with Gasteiger partial charge in [0.1, 0.15) is 12.3 Å². The molecule has 4 rings (SSSR count). The molecule has 2 amide bonds. The minimum atomic E-state index is -4.67. The Hall–Kier alpha value is -4.36. The zero-order valence-electron chi connectivity index (χ0n) is 21.7. The van der Waals surface area contributed by atoms with Crippen LogP contribution in [0.3, 0.4) is 0 Å². The molecule has 0 bridgehead atoms. The molecule has 0 atom stereocenters. The first-order valence-electron chi connectivity index (χ1n) is 12.5. The molecule has 41 heavy (non-hydrogen) atoms. The fraction of sp³-hybridized carbons (Fsp3) is 0.333. The van der Waals surface area contributed by atoms with Crippen LogP contribution in [-0.4, -0.2) is 72.4 Å². The zero-order valence-corrected chi connectivity index (χ0v) is 21.7. The number of rotatable bonds is 7. The maximum Gasteiger partial charge on any atom is 0.416 e. The van der Waals surface area contributed by atoms with Crippen molar-refractivity contribution in [2.45, 2.75) is 19.3 Å². The number of hydrogen-bond acceptors (Lipinski definition) is 6. The molecule has 1 aromatic heterocycles. The Bertz CT molecular complexity index is 1390. The Morgan fingerprint density at radius 2 is 1.63 bits per heavy atom. The van der Waals surface area contributed by atoms with Crippen molar-refractivity contribution < 1.29 is 40.7 Å². The molecule has 8 nitrogen and oxygen atoms in total. The third-order valence-electron chi connectivity index (χ3n) is 6.21. The molecule has 14 heteroatoms. The number of ether oxygens (including phenoxy) is 1. The summed E-state index contributed by atoms with van der Waals surface area (Å²) in [5.41, 5.74) is -0.667. The third-order valence-corrected chi connectivity index (χ3v) is 6.21. The number of carbonyl (C=O) groups is 2. The highest BCUT2D eigenvalue weighted by atomic mass is 19.4. The summed E-state index contributed by atoms with van der Waals surface area (Å²) in [5, 5.41) is 9.28. The predicted octanol–water partition coefficient (Wildman–Crippen LogP) is 4.82. The van der Waals surface area contributed by atoms with Crippen LogP contribution in [0.25, 0.3) is 11.1 Å². The van der Waals surface area contributed by atoms with Crippen LogP contribution < -0.4 is 15.0 Å². The molecule has 1 fully saturated rings. The second-order valence-electron chi connectivity index (χ2n) is 9.11. The monoisotopic (exact) mass is 581 g/mol. The number of aromatic nitrogens is 2. The number of benzene rings is 2. The summed E-state index contributed by atoms with van der Waals surface area (Å²) >= 11 is 0. The molecular formula is C27H25F6N5O3. The second kappa shape index (κ2) is 12.0. The van der Waals surface area contributed by atoms with E-state index in [9.17, 15) is 35.9 Å². The van der Waals surface area contributed by atoms with Crippen molar-refractivity contribution in [2.24, 2.45) is 0 Å². The lowest BCUT2D eigenvalue weighted by Gasteiger charge is -2.35. The average Bonchev–Trinajstić information content (AvgIpc) is 2.95. The van der Waals surface area contributed by atoms with E-state index in [4.69, 9.17) is 4.74 Å². The minimum Gasteiger partial charge on any atom is -0.494 e. The smallest absolute Gasteiger partial charge is 0.416 e. The van der Waals surface area contributed by atoms with E-state index >= 15 is 0 Å². The number of alkyl halides is 6. The first-order valence-corrected chi connectivity index (χ1v) is 12.5. The van der Waals surface area contributed by atoms with E-state index < -0.39 is 36.3 Å².